The van der Waals surface area contributed by atoms with Gasteiger partial charge in [0.2, 0.25) is 0 Å². The molecule has 0 aliphatic carbocycles. The van der Waals surface area contributed by atoms with Gasteiger partial charge in [-0.1, -0.05) is 112 Å². The van der Waals surface area contributed by atoms with Crippen LogP contribution in [0.3, 0.4) is 0 Å². The van der Waals surface area contributed by atoms with Crippen LogP contribution in [0.15, 0.2) is 11.3 Å². The third-order valence-electron chi connectivity index (χ3n) is 7.29. The second-order valence-electron chi connectivity index (χ2n) is 10.3. The maximum Gasteiger partial charge on any atom is 0.337 e. The van der Waals surface area contributed by atoms with Crippen LogP contribution < -0.4 is 0 Å². The SMILES string of the molecule is CCCCC(CC)COC(=O)C(CC(CC)CCCC)=C(CC(CC)CCCC)OCC(O)CO. The van der Waals surface area contributed by atoms with Crippen LogP contribution in [0, 0.1) is 17.8 Å². The van der Waals surface area contributed by atoms with Crippen LogP contribution in [-0.2, 0) is 14.3 Å². The molecule has 0 heterocycles. The summed E-state index contributed by atoms with van der Waals surface area (Å²) in [6.45, 7) is 13.2. The Bertz CT molecular complexity index is 545. The van der Waals surface area contributed by atoms with E-state index in [9.17, 15) is 15.0 Å². The quantitative estimate of drug-likeness (QED) is 0.0862. The fourth-order valence-electron chi connectivity index (χ4n) is 4.45. The van der Waals surface area contributed by atoms with Crippen LogP contribution in [0.1, 0.15) is 131 Å². The Labute approximate surface area is 217 Å². The molecule has 208 valence electrons. The molecular weight excluding hydrogens is 440 g/mol. The van der Waals surface area contributed by atoms with E-state index < -0.39 is 6.10 Å². The summed E-state index contributed by atoms with van der Waals surface area (Å²) in [5.41, 5.74) is 0.651. The van der Waals surface area contributed by atoms with Gasteiger partial charge in [0.05, 0.1) is 18.8 Å². The molecule has 4 unspecified atom stereocenters. The van der Waals surface area contributed by atoms with E-state index in [-0.39, 0.29) is 19.2 Å². The van der Waals surface area contributed by atoms with Crippen LogP contribution >= 0.6 is 0 Å². The number of hydrogen-bond acceptors (Lipinski definition) is 5. The highest BCUT2D eigenvalue weighted by Crippen LogP contribution is 2.30. The number of allylic oxidation sites excluding steroid dienone is 1. The van der Waals surface area contributed by atoms with Gasteiger partial charge in [0.1, 0.15) is 18.5 Å². The number of carbonyl (C=O) groups excluding carboxylic acids is 1. The largest absolute Gasteiger partial charge is 0.495 e. The molecule has 0 aliphatic rings. The highest BCUT2D eigenvalue weighted by Gasteiger charge is 2.25. The monoisotopic (exact) mass is 498 g/mol. The van der Waals surface area contributed by atoms with E-state index in [0.29, 0.717) is 48.5 Å². The summed E-state index contributed by atoms with van der Waals surface area (Å²) in [5, 5.41) is 19.3. The van der Waals surface area contributed by atoms with Crippen molar-refractivity contribution in [3.05, 3.63) is 11.3 Å². The van der Waals surface area contributed by atoms with E-state index in [1.807, 2.05) is 0 Å². The number of unbranched alkanes of at least 4 members (excludes halogenated alkanes) is 3. The minimum absolute atomic E-state index is 0.00728. The van der Waals surface area contributed by atoms with Gasteiger partial charge in [-0.05, 0) is 30.6 Å². The lowest BCUT2D eigenvalue weighted by molar-refractivity contribution is -0.141. The van der Waals surface area contributed by atoms with Crippen molar-refractivity contribution in [1.29, 1.82) is 0 Å². The number of carbonyl (C=O) groups is 1. The Morgan fingerprint density at radius 3 is 1.63 bits per heavy atom. The van der Waals surface area contributed by atoms with Gasteiger partial charge in [-0.15, -0.1) is 0 Å². The van der Waals surface area contributed by atoms with Crippen LogP contribution in [-0.4, -0.2) is 42.1 Å². The summed E-state index contributed by atoms with van der Waals surface area (Å²) in [6.07, 6.45) is 13.5. The van der Waals surface area contributed by atoms with Crippen molar-refractivity contribution in [1.82, 2.24) is 0 Å². The summed E-state index contributed by atoms with van der Waals surface area (Å²) >= 11 is 0. The third-order valence-corrected chi connectivity index (χ3v) is 7.29. The summed E-state index contributed by atoms with van der Waals surface area (Å²) < 4.78 is 12.0. The Hall–Kier alpha value is -1.07. The van der Waals surface area contributed by atoms with E-state index in [0.717, 1.165) is 77.0 Å². The highest BCUT2D eigenvalue weighted by molar-refractivity contribution is 5.89. The first-order valence-electron chi connectivity index (χ1n) is 14.7. The zero-order chi connectivity index (χ0) is 26.5. The topological polar surface area (TPSA) is 76.0 Å². The molecule has 0 aromatic heterocycles. The highest BCUT2D eigenvalue weighted by atomic mass is 16.5. The Morgan fingerprint density at radius 1 is 0.686 bits per heavy atom. The molecule has 4 atom stereocenters. The van der Waals surface area contributed by atoms with Crippen LogP contribution in [0.5, 0.6) is 0 Å². The lowest BCUT2D eigenvalue weighted by Crippen LogP contribution is -2.23. The lowest BCUT2D eigenvalue weighted by Gasteiger charge is -2.24. The molecule has 0 saturated carbocycles. The standard InChI is InChI=1S/C30H58O5/c1-7-13-16-24(10-4)19-28(30(33)35-22-26(12-6)18-15-9-3)29(34-23-27(32)21-31)20-25(11-5)17-14-8-2/h24-27,31-32H,7-23H2,1-6H3. The first-order valence-corrected chi connectivity index (χ1v) is 14.7. The summed E-state index contributed by atoms with van der Waals surface area (Å²) in [5.74, 6) is 1.62. The average molecular weight is 499 g/mol. The van der Waals surface area contributed by atoms with Crippen molar-refractivity contribution in [2.45, 2.75) is 138 Å². The number of rotatable bonds is 23. The van der Waals surface area contributed by atoms with Gasteiger partial charge in [-0.25, -0.2) is 4.79 Å². The van der Waals surface area contributed by atoms with Crippen LogP contribution in [0.25, 0.3) is 0 Å². The van der Waals surface area contributed by atoms with Gasteiger partial charge in [0.15, 0.2) is 0 Å². The van der Waals surface area contributed by atoms with E-state index in [4.69, 9.17) is 9.47 Å². The van der Waals surface area contributed by atoms with Crippen molar-refractivity contribution >= 4 is 5.97 Å². The molecule has 0 saturated heterocycles. The molecule has 5 nitrogen and oxygen atoms in total. The Balaban J connectivity index is 6.00. The number of hydrogen-bond donors (Lipinski definition) is 2. The normalized spacial score (nSPS) is 15.8. The molecule has 0 bridgehead atoms. The average Bonchev–Trinajstić information content (AvgIpc) is 2.88. The maximum absolute atomic E-state index is 13.5. The minimum Gasteiger partial charge on any atom is -0.495 e. The third kappa shape index (κ3) is 15.6. The van der Waals surface area contributed by atoms with Gasteiger partial charge in [-0.3, -0.25) is 0 Å². The predicted molar refractivity (Wildman–Crippen MR) is 146 cm³/mol. The molecule has 0 aliphatic heterocycles. The lowest BCUT2D eigenvalue weighted by atomic mass is 9.88. The second kappa shape index (κ2) is 22.2. The fraction of sp³-hybridized carbons (Fsp3) is 0.900. The molecule has 0 spiro atoms. The molecule has 0 radical (unpaired) electrons. The number of ether oxygens (including phenoxy) is 2. The Morgan fingerprint density at radius 2 is 1.17 bits per heavy atom. The van der Waals surface area contributed by atoms with Crippen molar-refractivity contribution in [3.8, 4) is 0 Å². The number of esters is 1. The van der Waals surface area contributed by atoms with E-state index in [2.05, 4.69) is 41.5 Å². The van der Waals surface area contributed by atoms with Crippen molar-refractivity contribution in [3.63, 3.8) is 0 Å². The number of aliphatic hydroxyl groups is 2. The fourth-order valence-corrected chi connectivity index (χ4v) is 4.45. The summed E-state index contributed by atoms with van der Waals surface area (Å²) in [6, 6.07) is 0. The molecule has 0 fully saturated rings. The smallest absolute Gasteiger partial charge is 0.337 e. The summed E-state index contributed by atoms with van der Waals surface area (Å²) in [4.78, 5) is 13.5. The van der Waals surface area contributed by atoms with Gasteiger partial charge >= 0.3 is 5.97 Å². The Kier molecular flexibility index (Phi) is 21.5. The minimum atomic E-state index is -0.960. The van der Waals surface area contributed by atoms with Crippen molar-refractivity contribution in [2.24, 2.45) is 17.8 Å². The summed E-state index contributed by atoms with van der Waals surface area (Å²) in [7, 11) is 0. The van der Waals surface area contributed by atoms with Crippen LogP contribution in [0.2, 0.25) is 0 Å². The zero-order valence-electron chi connectivity index (χ0n) is 23.9. The van der Waals surface area contributed by atoms with Gasteiger partial charge in [-0.2, -0.15) is 0 Å². The van der Waals surface area contributed by atoms with Crippen LogP contribution in [0.4, 0.5) is 0 Å². The molecule has 0 amide bonds. The van der Waals surface area contributed by atoms with E-state index >= 15 is 0 Å². The van der Waals surface area contributed by atoms with Gasteiger partial charge < -0.3 is 19.7 Å². The first-order chi connectivity index (χ1) is 16.9. The predicted octanol–water partition coefficient (Wildman–Crippen LogP) is 7.58. The molecule has 0 aromatic carbocycles. The molecule has 35 heavy (non-hydrogen) atoms. The van der Waals surface area contributed by atoms with E-state index in [1.165, 1.54) is 0 Å². The van der Waals surface area contributed by atoms with E-state index in [1.54, 1.807) is 0 Å². The zero-order valence-corrected chi connectivity index (χ0v) is 23.9. The molecule has 2 N–H and O–H groups in total. The second-order valence-corrected chi connectivity index (χ2v) is 10.3. The molecule has 0 aromatic rings. The molecular formula is C30H58O5. The first kappa shape index (κ1) is 33.9. The van der Waals surface area contributed by atoms with Gasteiger partial charge in [0, 0.05) is 6.42 Å². The van der Waals surface area contributed by atoms with Gasteiger partial charge in [0.25, 0.3) is 0 Å². The van der Waals surface area contributed by atoms with Crippen molar-refractivity contribution < 1.29 is 24.5 Å². The number of aliphatic hydroxyl groups excluding tert-OH is 2. The van der Waals surface area contributed by atoms with Crippen molar-refractivity contribution in [2.75, 3.05) is 19.8 Å². The molecule has 0 rings (SSSR count). The maximum atomic E-state index is 13.5. The molecule has 5 heteroatoms.